The Morgan fingerprint density at radius 3 is 2.32 bits per heavy atom. The van der Waals surface area contributed by atoms with Crippen LogP contribution in [0.2, 0.25) is 0 Å². The summed E-state index contributed by atoms with van der Waals surface area (Å²) in [6.07, 6.45) is 0.217. The van der Waals surface area contributed by atoms with Gasteiger partial charge in [0.15, 0.2) is 5.78 Å². The van der Waals surface area contributed by atoms with E-state index in [-0.39, 0.29) is 49.4 Å². The number of Topliss-reactive ketones (excluding diaryl/α,β-unsaturated/α-hetero) is 1. The van der Waals surface area contributed by atoms with Gasteiger partial charge in [-0.15, -0.1) is 0 Å². The molecule has 0 atom stereocenters. The van der Waals surface area contributed by atoms with Crippen molar-refractivity contribution < 1.29 is 23.9 Å². The van der Waals surface area contributed by atoms with E-state index in [0.717, 1.165) is 4.90 Å². The van der Waals surface area contributed by atoms with Crippen molar-refractivity contribution in [2.75, 3.05) is 25.1 Å². The Hall–Kier alpha value is -3.48. The molecule has 0 bridgehead atoms. The Kier molecular flexibility index (Phi) is 4.43. The minimum atomic E-state index is -0.385. The van der Waals surface area contributed by atoms with Crippen molar-refractivity contribution in [1.82, 2.24) is 4.90 Å². The number of rotatable bonds is 4. The molecule has 0 spiro atoms. The first-order valence-corrected chi connectivity index (χ1v) is 8.98. The lowest BCUT2D eigenvalue weighted by molar-refractivity contribution is -0.118. The maximum atomic E-state index is 12.8. The Labute approximate surface area is 161 Å². The number of anilines is 1. The minimum Gasteiger partial charge on any atom is -0.497 e. The molecule has 2 heterocycles. The maximum Gasteiger partial charge on any atom is 0.261 e. The highest BCUT2D eigenvalue weighted by Crippen LogP contribution is 2.31. The molecule has 0 saturated heterocycles. The van der Waals surface area contributed by atoms with Gasteiger partial charge in [0.05, 0.1) is 23.9 Å². The fourth-order valence-corrected chi connectivity index (χ4v) is 3.61. The van der Waals surface area contributed by atoms with Crippen LogP contribution in [0, 0.1) is 0 Å². The van der Waals surface area contributed by atoms with Gasteiger partial charge in [0.2, 0.25) is 5.91 Å². The van der Waals surface area contributed by atoms with Crippen LogP contribution in [0.15, 0.2) is 42.5 Å². The monoisotopic (exact) mass is 378 g/mol. The van der Waals surface area contributed by atoms with Gasteiger partial charge in [-0.1, -0.05) is 12.1 Å². The Morgan fingerprint density at radius 2 is 1.68 bits per heavy atom. The molecule has 142 valence electrons. The average Bonchev–Trinajstić information content (AvgIpc) is 2.96. The van der Waals surface area contributed by atoms with E-state index in [1.54, 1.807) is 42.5 Å². The van der Waals surface area contributed by atoms with Crippen molar-refractivity contribution in [3.05, 3.63) is 59.2 Å². The number of nitrogens with zero attached hydrogens (tertiary/aromatic N) is 2. The van der Waals surface area contributed by atoms with E-state index in [1.165, 1.54) is 12.0 Å². The summed E-state index contributed by atoms with van der Waals surface area (Å²) in [5, 5.41) is 0. The number of hydrogen-bond acceptors (Lipinski definition) is 5. The van der Waals surface area contributed by atoms with Gasteiger partial charge in [-0.25, -0.2) is 0 Å². The third kappa shape index (κ3) is 2.85. The van der Waals surface area contributed by atoms with Gasteiger partial charge in [-0.2, -0.15) is 0 Å². The molecule has 7 nitrogen and oxygen atoms in total. The lowest BCUT2D eigenvalue weighted by atomic mass is 9.99. The SMILES string of the molecule is COc1ccc2c(c1)N(C(=O)CCN1C(=O)c3ccccc3C1=O)CCC2=O. The summed E-state index contributed by atoms with van der Waals surface area (Å²) >= 11 is 0. The van der Waals surface area contributed by atoms with Crippen LogP contribution in [0.1, 0.15) is 43.9 Å². The van der Waals surface area contributed by atoms with Crippen LogP contribution in [-0.2, 0) is 4.79 Å². The minimum absolute atomic E-state index is 0.00503. The molecule has 7 heteroatoms. The highest BCUT2D eigenvalue weighted by molar-refractivity contribution is 6.21. The van der Waals surface area contributed by atoms with E-state index < -0.39 is 0 Å². The quantitative estimate of drug-likeness (QED) is 0.763. The van der Waals surface area contributed by atoms with Crippen LogP contribution < -0.4 is 9.64 Å². The smallest absolute Gasteiger partial charge is 0.261 e. The van der Waals surface area contributed by atoms with E-state index in [1.807, 2.05) is 0 Å². The molecule has 0 N–H and O–H groups in total. The molecule has 0 saturated carbocycles. The van der Waals surface area contributed by atoms with Crippen LogP contribution in [0.25, 0.3) is 0 Å². The topological polar surface area (TPSA) is 84.0 Å². The number of imide groups is 1. The first-order valence-electron chi connectivity index (χ1n) is 8.98. The van der Waals surface area contributed by atoms with Crippen molar-refractivity contribution in [1.29, 1.82) is 0 Å². The number of ether oxygens (including phenoxy) is 1. The molecular weight excluding hydrogens is 360 g/mol. The standard InChI is InChI=1S/C21H18N2O5/c1-28-13-6-7-16-17(12-13)22(10-8-18(16)24)19(25)9-11-23-20(26)14-4-2-3-5-15(14)21(23)27/h2-7,12H,8-11H2,1H3. The number of fused-ring (bicyclic) bond motifs is 2. The number of amides is 3. The highest BCUT2D eigenvalue weighted by Gasteiger charge is 2.36. The zero-order valence-corrected chi connectivity index (χ0v) is 15.3. The summed E-state index contributed by atoms with van der Waals surface area (Å²) in [6, 6.07) is 11.6. The Bertz CT molecular complexity index is 979. The molecular formula is C21H18N2O5. The number of carbonyl (C=O) groups is 4. The molecule has 0 fully saturated rings. The molecule has 2 aliphatic rings. The van der Waals surface area contributed by atoms with Gasteiger partial charge in [0.1, 0.15) is 5.75 Å². The summed E-state index contributed by atoms with van der Waals surface area (Å²) < 4.78 is 5.20. The summed E-state index contributed by atoms with van der Waals surface area (Å²) in [4.78, 5) is 52.5. The summed E-state index contributed by atoms with van der Waals surface area (Å²) in [7, 11) is 1.51. The molecule has 4 rings (SSSR count). The largest absolute Gasteiger partial charge is 0.497 e. The van der Waals surface area contributed by atoms with Crippen molar-refractivity contribution >= 4 is 29.2 Å². The highest BCUT2D eigenvalue weighted by atomic mass is 16.5. The summed E-state index contributed by atoms with van der Waals surface area (Å²) in [6.45, 7) is 0.259. The predicted molar refractivity (Wildman–Crippen MR) is 101 cm³/mol. The lowest BCUT2D eigenvalue weighted by Crippen LogP contribution is -2.40. The maximum absolute atomic E-state index is 12.8. The Balaban J connectivity index is 1.51. The number of ketones is 1. The van der Waals surface area contributed by atoms with E-state index in [2.05, 4.69) is 0 Å². The molecule has 0 aromatic heterocycles. The molecule has 2 aromatic carbocycles. The second-order valence-electron chi connectivity index (χ2n) is 6.66. The molecule has 0 radical (unpaired) electrons. The number of hydrogen-bond donors (Lipinski definition) is 0. The molecule has 3 amide bonds. The van der Waals surface area contributed by atoms with Crippen LogP contribution in [0.5, 0.6) is 5.75 Å². The predicted octanol–water partition coefficient (Wildman–Crippen LogP) is 2.30. The van der Waals surface area contributed by atoms with Crippen molar-refractivity contribution in [2.45, 2.75) is 12.8 Å². The van der Waals surface area contributed by atoms with Crippen LogP contribution in [0.3, 0.4) is 0 Å². The lowest BCUT2D eigenvalue weighted by Gasteiger charge is -2.29. The molecule has 0 unspecified atom stereocenters. The van der Waals surface area contributed by atoms with Gasteiger partial charge in [-0.05, 0) is 24.3 Å². The van der Waals surface area contributed by atoms with Gasteiger partial charge in [0, 0.05) is 37.6 Å². The van der Waals surface area contributed by atoms with Gasteiger partial charge in [0.25, 0.3) is 11.8 Å². The zero-order valence-electron chi connectivity index (χ0n) is 15.3. The molecule has 0 aliphatic carbocycles. The second-order valence-corrected chi connectivity index (χ2v) is 6.66. The van der Waals surface area contributed by atoms with E-state index in [0.29, 0.717) is 28.1 Å². The number of benzene rings is 2. The van der Waals surface area contributed by atoms with E-state index >= 15 is 0 Å². The van der Waals surface area contributed by atoms with Gasteiger partial charge < -0.3 is 9.64 Å². The van der Waals surface area contributed by atoms with Crippen LogP contribution >= 0.6 is 0 Å². The van der Waals surface area contributed by atoms with Gasteiger partial charge in [-0.3, -0.25) is 24.1 Å². The first-order chi connectivity index (χ1) is 13.5. The molecule has 28 heavy (non-hydrogen) atoms. The number of methoxy groups -OCH3 is 1. The van der Waals surface area contributed by atoms with Crippen molar-refractivity contribution in [3.63, 3.8) is 0 Å². The number of carbonyl (C=O) groups excluding carboxylic acids is 4. The Morgan fingerprint density at radius 1 is 1.00 bits per heavy atom. The van der Waals surface area contributed by atoms with Gasteiger partial charge >= 0.3 is 0 Å². The first kappa shape index (κ1) is 17.9. The normalized spacial score (nSPS) is 15.5. The zero-order chi connectivity index (χ0) is 19.8. The molecule has 2 aromatic rings. The third-order valence-corrected chi connectivity index (χ3v) is 5.09. The van der Waals surface area contributed by atoms with Crippen LogP contribution in [-0.4, -0.2) is 48.6 Å². The average molecular weight is 378 g/mol. The van der Waals surface area contributed by atoms with Crippen LogP contribution in [0.4, 0.5) is 5.69 Å². The second kappa shape index (κ2) is 6.92. The summed E-state index contributed by atoms with van der Waals surface area (Å²) in [5.41, 5.74) is 1.70. The van der Waals surface area contributed by atoms with Crippen molar-refractivity contribution in [2.24, 2.45) is 0 Å². The summed E-state index contributed by atoms with van der Waals surface area (Å²) in [5.74, 6) is -0.499. The third-order valence-electron chi connectivity index (χ3n) is 5.09. The van der Waals surface area contributed by atoms with E-state index in [4.69, 9.17) is 4.74 Å². The molecule has 2 aliphatic heterocycles. The fraction of sp³-hybridized carbons (Fsp3) is 0.238. The van der Waals surface area contributed by atoms with E-state index in [9.17, 15) is 19.2 Å². The fourth-order valence-electron chi connectivity index (χ4n) is 3.61. The van der Waals surface area contributed by atoms with Crippen molar-refractivity contribution in [3.8, 4) is 5.75 Å².